The third-order valence-electron chi connectivity index (χ3n) is 2.91. The van der Waals surface area contributed by atoms with Gasteiger partial charge in [0, 0.05) is 11.1 Å². The van der Waals surface area contributed by atoms with Gasteiger partial charge < -0.3 is 5.32 Å². The summed E-state index contributed by atoms with van der Waals surface area (Å²) in [6.07, 6.45) is 6.87. The molecule has 1 aromatic rings. The highest BCUT2D eigenvalue weighted by atomic mass is 35.5. The third-order valence-corrected chi connectivity index (χ3v) is 3.16. The van der Waals surface area contributed by atoms with Crippen LogP contribution in [0.1, 0.15) is 44.2 Å². The van der Waals surface area contributed by atoms with Gasteiger partial charge in [-0.05, 0) is 50.4 Å². The molecule has 1 rings (SSSR count). The van der Waals surface area contributed by atoms with Crippen molar-refractivity contribution in [3.8, 4) is 0 Å². The van der Waals surface area contributed by atoms with E-state index < -0.39 is 0 Å². The normalized spacial score (nSPS) is 12.4. The van der Waals surface area contributed by atoms with Crippen LogP contribution in [0.15, 0.2) is 36.9 Å². The summed E-state index contributed by atoms with van der Waals surface area (Å²) in [6.45, 7) is 6.98. The molecule has 2 heteroatoms. The van der Waals surface area contributed by atoms with Crippen LogP contribution in [0.5, 0.6) is 0 Å². The van der Waals surface area contributed by atoms with E-state index >= 15 is 0 Å². The molecule has 0 fully saturated rings. The second-order valence-electron chi connectivity index (χ2n) is 4.37. The van der Waals surface area contributed by atoms with Crippen LogP contribution in [-0.4, -0.2) is 6.54 Å². The number of halogens is 1. The molecule has 0 saturated carbocycles. The summed E-state index contributed by atoms with van der Waals surface area (Å²) in [4.78, 5) is 0. The van der Waals surface area contributed by atoms with Gasteiger partial charge in [0.15, 0.2) is 0 Å². The van der Waals surface area contributed by atoms with Gasteiger partial charge in [-0.2, -0.15) is 0 Å². The molecular formula is C15H22ClN. The van der Waals surface area contributed by atoms with Crippen molar-refractivity contribution in [3.05, 3.63) is 47.5 Å². The van der Waals surface area contributed by atoms with Crippen LogP contribution in [-0.2, 0) is 0 Å². The Balaban J connectivity index is 2.18. The molecule has 0 aliphatic heterocycles. The first-order valence-corrected chi connectivity index (χ1v) is 6.71. The molecule has 0 amide bonds. The molecule has 1 N–H and O–H groups in total. The summed E-state index contributed by atoms with van der Waals surface area (Å²) in [7, 11) is 0. The summed E-state index contributed by atoms with van der Waals surface area (Å²) in [5, 5.41) is 4.32. The zero-order valence-electron chi connectivity index (χ0n) is 10.6. The molecule has 1 aromatic carbocycles. The van der Waals surface area contributed by atoms with Gasteiger partial charge in [-0.3, -0.25) is 0 Å². The van der Waals surface area contributed by atoms with E-state index in [2.05, 4.69) is 31.0 Å². The van der Waals surface area contributed by atoms with Gasteiger partial charge >= 0.3 is 0 Å². The zero-order valence-corrected chi connectivity index (χ0v) is 11.3. The van der Waals surface area contributed by atoms with Crippen LogP contribution in [0.2, 0.25) is 5.02 Å². The third kappa shape index (κ3) is 5.90. The van der Waals surface area contributed by atoms with Gasteiger partial charge in [-0.15, -0.1) is 6.58 Å². The maximum Gasteiger partial charge on any atom is 0.0406 e. The Morgan fingerprint density at radius 1 is 1.24 bits per heavy atom. The Labute approximate surface area is 110 Å². The molecule has 94 valence electrons. The molecule has 0 aliphatic rings. The monoisotopic (exact) mass is 251 g/mol. The number of benzene rings is 1. The Morgan fingerprint density at radius 2 is 1.94 bits per heavy atom. The SMILES string of the molecule is C=CCCCCCNC(C)c1ccc(Cl)cc1. The molecular weight excluding hydrogens is 230 g/mol. The second-order valence-corrected chi connectivity index (χ2v) is 4.80. The van der Waals surface area contributed by atoms with E-state index in [1.807, 2.05) is 18.2 Å². The van der Waals surface area contributed by atoms with Crippen LogP contribution in [0, 0.1) is 0 Å². The Kier molecular flexibility index (Phi) is 6.99. The lowest BCUT2D eigenvalue weighted by molar-refractivity contribution is 0.539. The molecule has 0 aliphatic carbocycles. The first-order valence-electron chi connectivity index (χ1n) is 6.34. The number of hydrogen-bond acceptors (Lipinski definition) is 1. The van der Waals surface area contributed by atoms with Crippen molar-refractivity contribution in [1.82, 2.24) is 5.32 Å². The standard InChI is InChI=1S/C15H22ClN/c1-3-4-5-6-7-12-17-13(2)14-8-10-15(16)11-9-14/h3,8-11,13,17H,1,4-7,12H2,2H3. The van der Waals surface area contributed by atoms with Crippen molar-refractivity contribution >= 4 is 11.6 Å². The Bertz CT molecular complexity index is 318. The smallest absolute Gasteiger partial charge is 0.0406 e. The molecule has 1 nitrogen and oxygen atoms in total. The number of nitrogens with one attached hydrogen (secondary N) is 1. The number of rotatable bonds is 8. The fraction of sp³-hybridized carbons (Fsp3) is 0.467. The average molecular weight is 252 g/mol. The highest BCUT2D eigenvalue weighted by Crippen LogP contribution is 2.15. The predicted octanol–water partition coefficient (Wildman–Crippen LogP) is 4.74. The van der Waals surface area contributed by atoms with Gasteiger partial charge in [0.2, 0.25) is 0 Å². The van der Waals surface area contributed by atoms with E-state index in [9.17, 15) is 0 Å². The highest BCUT2D eigenvalue weighted by Gasteiger charge is 2.03. The molecule has 0 spiro atoms. The van der Waals surface area contributed by atoms with Crippen LogP contribution in [0.4, 0.5) is 0 Å². The lowest BCUT2D eigenvalue weighted by Gasteiger charge is -2.14. The molecule has 0 bridgehead atoms. The second kappa shape index (κ2) is 8.32. The minimum absolute atomic E-state index is 0.395. The van der Waals surface area contributed by atoms with Crippen LogP contribution in [0.25, 0.3) is 0 Å². The van der Waals surface area contributed by atoms with Crippen molar-refractivity contribution in [1.29, 1.82) is 0 Å². The van der Waals surface area contributed by atoms with Gasteiger partial charge in [-0.25, -0.2) is 0 Å². The number of allylic oxidation sites excluding steroid dienone is 1. The lowest BCUT2D eigenvalue weighted by Crippen LogP contribution is -2.19. The fourth-order valence-corrected chi connectivity index (χ4v) is 1.90. The number of hydrogen-bond donors (Lipinski definition) is 1. The van der Waals surface area contributed by atoms with E-state index in [4.69, 9.17) is 11.6 Å². The summed E-state index contributed by atoms with van der Waals surface area (Å²) >= 11 is 5.86. The predicted molar refractivity (Wildman–Crippen MR) is 76.5 cm³/mol. The quantitative estimate of drug-likeness (QED) is 0.520. The molecule has 0 radical (unpaired) electrons. The van der Waals surface area contributed by atoms with Crippen molar-refractivity contribution in [2.45, 2.75) is 38.6 Å². The van der Waals surface area contributed by atoms with E-state index in [1.165, 1.54) is 24.8 Å². The topological polar surface area (TPSA) is 12.0 Å². The first kappa shape index (κ1) is 14.3. The van der Waals surface area contributed by atoms with Gasteiger partial charge in [0.25, 0.3) is 0 Å². The van der Waals surface area contributed by atoms with Crippen molar-refractivity contribution < 1.29 is 0 Å². The maximum absolute atomic E-state index is 5.86. The van der Waals surface area contributed by atoms with Crippen molar-refractivity contribution in [2.75, 3.05) is 6.54 Å². The Morgan fingerprint density at radius 3 is 2.59 bits per heavy atom. The van der Waals surface area contributed by atoms with Crippen molar-refractivity contribution in [3.63, 3.8) is 0 Å². The van der Waals surface area contributed by atoms with E-state index in [0.717, 1.165) is 18.0 Å². The lowest BCUT2D eigenvalue weighted by atomic mass is 10.1. The highest BCUT2D eigenvalue weighted by molar-refractivity contribution is 6.30. The van der Waals surface area contributed by atoms with Crippen LogP contribution >= 0.6 is 11.6 Å². The fourth-order valence-electron chi connectivity index (χ4n) is 1.78. The minimum Gasteiger partial charge on any atom is -0.310 e. The molecule has 17 heavy (non-hydrogen) atoms. The van der Waals surface area contributed by atoms with Crippen LogP contribution in [0.3, 0.4) is 0 Å². The van der Waals surface area contributed by atoms with E-state index in [0.29, 0.717) is 6.04 Å². The number of unbranched alkanes of at least 4 members (excludes halogenated alkanes) is 3. The molecule has 1 atom stereocenters. The van der Waals surface area contributed by atoms with Gasteiger partial charge in [0.1, 0.15) is 0 Å². The summed E-state index contributed by atoms with van der Waals surface area (Å²) < 4.78 is 0. The molecule has 0 aromatic heterocycles. The van der Waals surface area contributed by atoms with Gasteiger partial charge in [-0.1, -0.05) is 36.2 Å². The van der Waals surface area contributed by atoms with E-state index in [1.54, 1.807) is 0 Å². The molecule has 0 heterocycles. The largest absolute Gasteiger partial charge is 0.310 e. The van der Waals surface area contributed by atoms with Crippen LogP contribution < -0.4 is 5.32 Å². The zero-order chi connectivity index (χ0) is 12.5. The van der Waals surface area contributed by atoms with Gasteiger partial charge in [0.05, 0.1) is 0 Å². The minimum atomic E-state index is 0.395. The summed E-state index contributed by atoms with van der Waals surface area (Å²) in [5.74, 6) is 0. The van der Waals surface area contributed by atoms with E-state index in [-0.39, 0.29) is 0 Å². The summed E-state index contributed by atoms with van der Waals surface area (Å²) in [6, 6.07) is 8.44. The first-order chi connectivity index (χ1) is 8.24. The maximum atomic E-state index is 5.86. The van der Waals surface area contributed by atoms with Crippen molar-refractivity contribution in [2.24, 2.45) is 0 Å². The average Bonchev–Trinajstić information content (AvgIpc) is 2.34. The molecule has 0 saturated heterocycles. The Hall–Kier alpha value is -0.790. The summed E-state index contributed by atoms with van der Waals surface area (Å²) in [5.41, 5.74) is 1.29. The molecule has 1 unspecified atom stereocenters.